The maximum absolute atomic E-state index is 12.4. The van der Waals surface area contributed by atoms with E-state index >= 15 is 0 Å². The predicted octanol–water partition coefficient (Wildman–Crippen LogP) is 2.56. The van der Waals surface area contributed by atoms with Crippen LogP contribution in [0.1, 0.15) is 42.1 Å². The van der Waals surface area contributed by atoms with Crippen molar-refractivity contribution in [3.05, 3.63) is 64.7 Å². The van der Waals surface area contributed by atoms with Crippen molar-refractivity contribution in [2.45, 2.75) is 48.6 Å². The van der Waals surface area contributed by atoms with E-state index in [1.165, 1.54) is 34.6 Å². The molecule has 2 aliphatic rings. The van der Waals surface area contributed by atoms with Crippen LogP contribution in [0.2, 0.25) is 5.02 Å². The van der Waals surface area contributed by atoms with Gasteiger partial charge < -0.3 is 5.32 Å². The number of halogens is 1. The SMILES string of the molecule is Cn1cc(S(=O)(=O)NCCn2cc3c(n2)C(C2(c4ccc(Cl)cc4)CCC2)NCC3)cn1. The Morgan fingerprint density at radius 2 is 2.03 bits per heavy atom. The molecule has 1 unspecified atom stereocenters. The van der Waals surface area contributed by atoms with Crippen LogP contribution in [0.4, 0.5) is 0 Å². The lowest BCUT2D eigenvalue weighted by molar-refractivity contribution is 0.161. The molecule has 1 atom stereocenters. The zero-order valence-electron chi connectivity index (χ0n) is 18.0. The van der Waals surface area contributed by atoms with Gasteiger partial charge in [-0.1, -0.05) is 30.2 Å². The van der Waals surface area contributed by atoms with Crippen molar-refractivity contribution in [1.29, 1.82) is 0 Å². The van der Waals surface area contributed by atoms with Gasteiger partial charge >= 0.3 is 0 Å². The topological polar surface area (TPSA) is 93.8 Å². The van der Waals surface area contributed by atoms with Gasteiger partial charge in [0.2, 0.25) is 10.0 Å². The van der Waals surface area contributed by atoms with Crippen LogP contribution >= 0.6 is 11.6 Å². The summed E-state index contributed by atoms with van der Waals surface area (Å²) in [7, 11) is -1.89. The Balaban J connectivity index is 1.33. The van der Waals surface area contributed by atoms with Crippen LogP contribution in [0.5, 0.6) is 0 Å². The van der Waals surface area contributed by atoms with Gasteiger partial charge in [-0.2, -0.15) is 10.2 Å². The van der Waals surface area contributed by atoms with Gasteiger partial charge in [-0.25, -0.2) is 13.1 Å². The lowest BCUT2D eigenvalue weighted by atomic mass is 9.58. The number of rotatable bonds is 7. The van der Waals surface area contributed by atoms with Crippen LogP contribution < -0.4 is 10.0 Å². The third-order valence-corrected chi connectivity index (χ3v) is 8.40. The van der Waals surface area contributed by atoms with Crippen LogP contribution in [0.25, 0.3) is 0 Å². The van der Waals surface area contributed by atoms with Gasteiger partial charge in [-0.3, -0.25) is 9.36 Å². The minimum Gasteiger partial charge on any atom is -0.307 e. The highest BCUT2D eigenvalue weighted by Crippen LogP contribution is 2.53. The van der Waals surface area contributed by atoms with Crippen molar-refractivity contribution >= 4 is 21.6 Å². The summed E-state index contributed by atoms with van der Waals surface area (Å²) >= 11 is 6.13. The fourth-order valence-electron chi connectivity index (χ4n) is 4.93. The summed E-state index contributed by atoms with van der Waals surface area (Å²) in [6, 6.07) is 8.36. The molecular formula is C22H27ClN6O2S. The molecule has 0 bridgehead atoms. The first kappa shape index (κ1) is 21.6. The molecule has 5 rings (SSSR count). The van der Waals surface area contributed by atoms with E-state index in [4.69, 9.17) is 16.7 Å². The second kappa shape index (κ2) is 8.30. The Morgan fingerprint density at radius 3 is 2.69 bits per heavy atom. The molecule has 1 fully saturated rings. The third-order valence-electron chi connectivity index (χ3n) is 6.73. The molecule has 10 heteroatoms. The first-order valence-corrected chi connectivity index (χ1v) is 12.8. The van der Waals surface area contributed by atoms with Gasteiger partial charge in [0.1, 0.15) is 4.90 Å². The third kappa shape index (κ3) is 3.87. The van der Waals surface area contributed by atoms with E-state index in [0.29, 0.717) is 6.54 Å². The molecule has 1 saturated carbocycles. The number of aromatic nitrogens is 4. The second-order valence-electron chi connectivity index (χ2n) is 8.70. The lowest BCUT2D eigenvalue weighted by Gasteiger charge is -2.49. The highest BCUT2D eigenvalue weighted by Gasteiger charge is 2.48. The molecular weight excluding hydrogens is 448 g/mol. The largest absolute Gasteiger partial charge is 0.307 e. The number of benzene rings is 1. The Morgan fingerprint density at radius 1 is 1.25 bits per heavy atom. The smallest absolute Gasteiger partial charge is 0.243 e. The molecule has 3 aromatic rings. The van der Waals surface area contributed by atoms with E-state index in [-0.39, 0.29) is 22.9 Å². The molecule has 0 radical (unpaired) electrons. The Kier molecular flexibility index (Phi) is 5.61. The zero-order valence-corrected chi connectivity index (χ0v) is 19.5. The van der Waals surface area contributed by atoms with Crippen LogP contribution in [-0.4, -0.2) is 41.1 Å². The van der Waals surface area contributed by atoms with Crippen LogP contribution in [0.15, 0.2) is 47.8 Å². The molecule has 170 valence electrons. The van der Waals surface area contributed by atoms with Crippen LogP contribution in [0.3, 0.4) is 0 Å². The number of hydrogen-bond donors (Lipinski definition) is 2. The van der Waals surface area contributed by atoms with Crippen molar-refractivity contribution in [2.24, 2.45) is 7.05 Å². The van der Waals surface area contributed by atoms with E-state index in [2.05, 4.69) is 33.5 Å². The first-order chi connectivity index (χ1) is 15.4. The van der Waals surface area contributed by atoms with Crippen molar-refractivity contribution in [1.82, 2.24) is 29.6 Å². The fraction of sp³-hybridized carbons (Fsp3) is 0.455. The molecule has 1 aliphatic carbocycles. The monoisotopic (exact) mass is 474 g/mol. The summed E-state index contributed by atoms with van der Waals surface area (Å²) in [4.78, 5) is 0.166. The number of nitrogens with zero attached hydrogens (tertiary/aromatic N) is 4. The van der Waals surface area contributed by atoms with Crippen molar-refractivity contribution in [3.63, 3.8) is 0 Å². The lowest BCUT2D eigenvalue weighted by Crippen LogP contribution is -2.49. The van der Waals surface area contributed by atoms with E-state index in [9.17, 15) is 8.42 Å². The quantitative estimate of drug-likeness (QED) is 0.549. The van der Waals surface area contributed by atoms with Gasteiger partial charge in [0.15, 0.2) is 0 Å². The molecule has 2 N–H and O–H groups in total. The standard InChI is InChI=1S/C22H27ClN6O2S/c1-28-15-19(13-25-28)32(30,31)26-11-12-29-14-16-7-10-24-21(20(16)27-29)22(8-2-9-22)17-3-5-18(23)6-4-17/h3-6,13-15,21,24,26H,2,7-12H2,1H3. The van der Waals surface area contributed by atoms with E-state index in [1.807, 2.05) is 16.8 Å². The molecule has 0 spiro atoms. The Labute approximate surface area is 193 Å². The summed E-state index contributed by atoms with van der Waals surface area (Å²) in [5.41, 5.74) is 3.66. The summed E-state index contributed by atoms with van der Waals surface area (Å²) in [5, 5.41) is 13.3. The van der Waals surface area contributed by atoms with Gasteiger partial charge in [0.25, 0.3) is 0 Å². The second-order valence-corrected chi connectivity index (χ2v) is 10.9. The minimum absolute atomic E-state index is 0.0286. The molecule has 1 aliphatic heterocycles. The first-order valence-electron chi connectivity index (χ1n) is 10.9. The summed E-state index contributed by atoms with van der Waals surface area (Å²) in [6.07, 6.45) is 9.25. The molecule has 32 heavy (non-hydrogen) atoms. The number of nitrogens with one attached hydrogen (secondary N) is 2. The summed E-state index contributed by atoms with van der Waals surface area (Å²) < 4.78 is 30.8. The summed E-state index contributed by atoms with van der Waals surface area (Å²) in [5.74, 6) is 0. The zero-order chi connectivity index (χ0) is 22.3. The average Bonchev–Trinajstić information content (AvgIpc) is 3.35. The predicted molar refractivity (Wildman–Crippen MR) is 122 cm³/mol. The number of sulfonamides is 1. The van der Waals surface area contributed by atoms with Gasteiger partial charge in [-0.05, 0) is 49.1 Å². The van der Waals surface area contributed by atoms with Crippen molar-refractivity contribution in [3.8, 4) is 0 Å². The van der Waals surface area contributed by atoms with E-state index < -0.39 is 10.0 Å². The number of aryl methyl sites for hydroxylation is 1. The maximum atomic E-state index is 12.4. The number of hydrogen-bond acceptors (Lipinski definition) is 5. The Hall–Kier alpha value is -2.20. The van der Waals surface area contributed by atoms with Crippen molar-refractivity contribution < 1.29 is 8.42 Å². The molecule has 8 nitrogen and oxygen atoms in total. The average molecular weight is 475 g/mol. The van der Waals surface area contributed by atoms with Gasteiger partial charge in [0, 0.05) is 36.4 Å². The normalized spacial score (nSPS) is 20.0. The van der Waals surface area contributed by atoms with E-state index in [0.717, 1.165) is 36.5 Å². The molecule has 2 aromatic heterocycles. The van der Waals surface area contributed by atoms with Crippen molar-refractivity contribution in [2.75, 3.05) is 13.1 Å². The molecule has 0 amide bonds. The van der Waals surface area contributed by atoms with Gasteiger partial charge in [-0.15, -0.1) is 0 Å². The summed E-state index contributed by atoms with van der Waals surface area (Å²) in [6.45, 7) is 1.64. The fourth-order valence-corrected chi connectivity index (χ4v) is 6.06. The minimum atomic E-state index is -3.58. The van der Waals surface area contributed by atoms with Crippen LogP contribution in [0, 0.1) is 0 Å². The van der Waals surface area contributed by atoms with E-state index in [1.54, 1.807) is 7.05 Å². The van der Waals surface area contributed by atoms with Gasteiger partial charge in [0.05, 0.1) is 24.5 Å². The number of fused-ring (bicyclic) bond motifs is 1. The van der Waals surface area contributed by atoms with Crippen LogP contribution in [-0.2, 0) is 35.5 Å². The maximum Gasteiger partial charge on any atom is 0.243 e. The molecule has 3 heterocycles. The highest BCUT2D eigenvalue weighted by molar-refractivity contribution is 7.89. The molecule has 0 saturated heterocycles. The highest BCUT2D eigenvalue weighted by atomic mass is 35.5. The molecule has 1 aromatic carbocycles. The Bertz CT molecular complexity index is 1210.